The lowest BCUT2D eigenvalue weighted by Crippen LogP contribution is -2.44. The third-order valence-corrected chi connectivity index (χ3v) is 3.09. The van der Waals surface area contributed by atoms with Gasteiger partial charge in [0, 0.05) is 12.1 Å². The minimum Gasteiger partial charge on any atom is -0.389 e. The predicted molar refractivity (Wildman–Crippen MR) is 62.0 cm³/mol. The fourth-order valence-electron chi connectivity index (χ4n) is 2.06. The Morgan fingerprint density at radius 2 is 1.93 bits per heavy atom. The third kappa shape index (κ3) is 4.96. The van der Waals surface area contributed by atoms with Gasteiger partial charge in [-0.25, -0.2) is 0 Å². The molecule has 0 aliphatic heterocycles. The van der Waals surface area contributed by atoms with E-state index in [0.717, 1.165) is 0 Å². The molecule has 1 aliphatic carbocycles. The number of β-amino-alcohol motifs (C(OH)–C–C–N with tert-alkyl or cyclic N) is 1. The first-order chi connectivity index (χ1) is 7.02. The van der Waals surface area contributed by atoms with E-state index < -0.39 is 0 Å². The molecule has 0 amide bonds. The average molecular weight is 215 g/mol. The second-order valence-corrected chi connectivity index (χ2v) is 5.18. The second kappa shape index (κ2) is 5.83. The van der Waals surface area contributed by atoms with Crippen LogP contribution in [0.5, 0.6) is 0 Å². The molecular weight excluding hydrogens is 190 g/mol. The Balaban J connectivity index is 2.13. The van der Waals surface area contributed by atoms with E-state index in [4.69, 9.17) is 4.74 Å². The van der Waals surface area contributed by atoms with Crippen LogP contribution in [-0.2, 0) is 4.74 Å². The zero-order valence-electron chi connectivity index (χ0n) is 10.3. The maximum atomic E-state index is 9.69. The van der Waals surface area contributed by atoms with Gasteiger partial charge in [-0.15, -0.1) is 0 Å². The quantitative estimate of drug-likeness (QED) is 0.708. The molecule has 0 aromatic carbocycles. The van der Waals surface area contributed by atoms with Crippen LogP contribution in [0.1, 0.15) is 46.5 Å². The topological polar surface area (TPSA) is 41.5 Å². The molecule has 3 nitrogen and oxygen atoms in total. The van der Waals surface area contributed by atoms with Crippen LogP contribution in [0, 0.1) is 0 Å². The highest BCUT2D eigenvalue weighted by Crippen LogP contribution is 2.28. The molecule has 0 heterocycles. The zero-order chi connectivity index (χ0) is 11.3. The van der Waals surface area contributed by atoms with E-state index in [1.807, 2.05) is 13.8 Å². The number of aliphatic hydroxyl groups excluding tert-OH is 1. The standard InChI is InChI=1S/C12H25NO2/c1-10(2)15-9-11(14)8-13-12(3)6-4-5-7-12/h10-11,13-14H,4-9H2,1-3H3. The second-order valence-electron chi connectivity index (χ2n) is 5.18. The van der Waals surface area contributed by atoms with Crippen LogP contribution >= 0.6 is 0 Å². The Morgan fingerprint density at radius 1 is 1.33 bits per heavy atom. The van der Waals surface area contributed by atoms with Crippen molar-refractivity contribution in [1.29, 1.82) is 0 Å². The minimum atomic E-state index is -0.384. The van der Waals surface area contributed by atoms with E-state index in [1.54, 1.807) is 0 Å². The Kier molecular flexibility index (Phi) is 5.03. The summed E-state index contributed by atoms with van der Waals surface area (Å²) in [5.41, 5.74) is 0.249. The number of rotatable bonds is 6. The summed E-state index contributed by atoms with van der Waals surface area (Å²) in [7, 11) is 0. The van der Waals surface area contributed by atoms with Gasteiger partial charge < -0.3 is 15.2 Å². The summed E-state index contributed by atoms with van der Waals surface area (Å²) < 4.78 is 5.36. The fourth-order valence-corrected chi connectivity index (χ4v) is 2.06. The molecule has 1 atom stereocenters. The van der Waals surface area contributed by atoms with Gasteiger partial charge in [0.2, 0.25) is 0 Å². The summed E-state index contributed by atoms with van der Waals surface area (Å²) in [6, 6.07) is 0. The van der Waals surface area contributed by atoms with Crippen molar-refractivity contribution < 1.29 is 9.84 Å². The molecule has 0 aromatic rings. The predicted octanol–water partition coefficient (Wildman–Crippen LogP) is 1.69. The van der Waals surface area contributed by atoms with Crippen molar-refractivity contribution in [2.45, 2.75) is 64.2 Å². The first-order valence-electron chi connectivity index (χ1n) is 6.06. The Bertz CT molecular complexity index is 176. The molecular formula is C12H25NO2. The van der Waals surface area contributed by atoms with Gasteiger partial charge in [0.1, 0.15) is 0 Å². The van der Waals surface area contributed by atoms with Crippen molar-refractivity contribution in [3.05, 3.63) is 0 Å². The van der Waals surface area contributed by atoms with Gasteiger partial charge in [-0.1, -0.05) is 12.8 Å². The van der Waals surface area contributed by atoms with Crippen molar-refractivity contribution in [2.75, 3.05) is 13.2 Å². The first-order valence-corrected chi connectivity index (χ1v) is 6.06. The first kappa shape index (κ1) is 12.9. The highest BCUT2D eigenvalue weighted by molar-refractivity contribution is 4.88. The lowest BCUT2D eigenvalue weighted by molar-refractivity contribution is 0.00380. The summed E-state index contributed by atoms with van der Waals surface area (Å²) in [4.78, 5) is 0. The SMILES string of the molecule is CC(C)OCC(O)CNC1(C)CCCC1. The fraction of sp³-hybridized carbons (Fsp3) is 1.00. The highest BCUT2D eigenvalue weighted by Gasteiger charge is 2.28. The highest BCUT2D eigenvalue weighted by atomic mass is 16.5. The van der Waals surface area contributed by atoms with Crippen LogP contribution < -0.4 is 5.32 Å². The van der Waals surface area contributed by atoms with E-state index >= 15 is 0 Å². The average Bonchev–Trinajstić information content (AvgIpc) is 2.60. The van der Waals surface area contributed by atoms with E-state index in [2.05, 4.69) is 12.2 Å². The molecule has 15 heavy (non-hydrogen) atoms. The zero-order valence-corrected chi connectivity index (χ0v) is 10.3. The van der Waals surface area contributed by atoms with Crippen LogP contribution in [0.4, 0.5) is 0 Å². The number of ether oxygens (including phenoxy) is 1. The molecule has 1 fully saturated rings. The summed E-state index contributed by atoms with van der Waals surface area (Å²) in [5, 5.41) is 13.1. The largest absolute Gasteiger partial charge is 0.389 e. The van der Waals surface area contributed by atoms with Gasteiger partial charge in [-0.2, -0.15) is 0 Å². The molecule has 3 heteroatoms. The molecule has 2 N–H and O–H groups in total. The maximum Gasteiger partial charge on any atom is 0.0898 e. The van der Waals surface area contributed by atoms with Crippen molar-refractivity contribution in [2.24, 2.45) is 0 Å². The smallest absolute Gasteiger partial charge is 0.0898 e. The van der Waals surface area contributed by atoms with Crippen molar-refractivity contribution in [3.63, 3.8) is 0 Å². The molecule has 0 aromatic heterocycles. The van der Waals surface area contributed by atoms with E-state index in [-0.39, 0.29) is 17.7 Å². The summed E-state index contributed by atoms with van der Waals surface area (Å²) in [5.74, 6) is 0. The summed E-state index contributed by atoms with van der Waals surface area (Å²) in [6.07, 6.45) is 4.88. The normalized spacial score (nSPS) is 22.2. The Labute approximate surface area is 93.2 Å². The number of hydrogen-bond donors (Lipinski definition) is 2. The van der Waals surface area contributed by atoms with E-state index in [1.165, 1.54) is 25.7 Å². The molecule has 1 unspecified atom stereocenters. The van der Waals surface area contributed by atoms with Crippen LogP contribution in [-0.4, -0.2) is 36.0 Å². The number of nitrogens with one attached hydrogen (secondary N) is 1. The van der Waals surface area contributed by atoms with Gasteiger partial charge in [-0.3, -0.25) is 0 Å². The number of hydrogen-bond acceptors (Lipinski definition) is 3. The Morgan fingerprint density at radius 3 is 2.47 bits per heavy atom. The molecule has 1 rings (SSSR count). The van der Waals surface area contributed by atoms with Gasteiger partial charge in [0.05, 0.1) is 18.8 Å². The summed E-state index contributed by atoms with van der Waals surface area (Å²) >= 11 is 0. The summed E-state index contributed by atoms with van der Waals surface area (Å²) in [6.45, 7) is 7.29. The molecule has 0 spiro atoms. The van der Waals surface area contributed by atoms with Gasteiger partial charge in [0.25, 0.3) is 0 Å². The van der Waals surface area contributed by atoms with Crippen LogP contribution in [0.3, 0.4) is 0 Å². The molecule has 0 saturated heterocycles. The minimum absolute atomic E-state index is 0.196. The van der Waals surface area contributed by atoms with Crippen molar-refractivity contribution in [3.8, 4) is 0 Å². The number of aliphatic hydroxyl groups is 1. The van der Waals surface area contributed by atoms with Crippen LogP contribution in [0.2, 0.25) is 0 Å². The maximum absolute atomic E-state index is 9.69. The van der Waals surface area contributed by atoms with Gasteiger partial charge >= 0.3 is 0 Å². The Hall–Kier alpha value is -0.120. The van der Waals surface area contributed by atoms with Gasteiger partial charge in [0.15, 0.2) is 0 Å². The molecule has 1 aliphatic rings. The van der Waals surface area contributed by atoms with E-state index in [0.29, 0.717) is 13.2 Å². The van der Waals surface area contributed by atoms with Crippen molar-refractivity contribution >= 4 is 0 Å². The van der Waals surface area contributed by atoms with Crippen molar-refractivity contribution in [1.82, 2.24) is 5.32 Å². The molecule has 1 saturated carbocycles. The van der Waals surface area contributed by atoms with Crippen LogP contribution in [0.25, 0.3) is 0 Å². The van der Waals surface area contributed by atoms with Gasteiger partial charge in [-0.05, 0) is 33.6 Å². The monoisotopic (exact) mass is 215 g/mol. The van der Waals surface area contributed by atoms with Crippen LogP contribution in [0.15, 0.2) is 0 Å². The lowest BCUT2D eigenvalue weighted by Gasteiger charge is -2.27. The molecule has 0 radical (unpaired) electrons. The third-order valence-electron chi connectivity index (χ3n) is 3.09. The van der Waals surface area contributed by atoms with E-state index in [9.17, 15) is 5.11 Å². The lowest BCUT2D eigenvalue weighted by atomic mass is 10.0. The molecule has 0 bridgehead atoms. The molecule has 90 valence electrons.